The van der Waals surface area contributed by atoms with Crippen LogP contribution in [0.4, 0.5) is 4.48 Å². The van der Waals surface area contributed by atoms with Crippen molar-refractivity contribution in [2.75, 3.05) is 0 Å². The van der Waals surface area contributed by atoms with Gasteiger partial charge in [0, 0.05) is 5.92 Å². The molecular weight excluding hydrogens is 133 g/mol. The Balaban J connectivity index is 2.60. The van der Waals surface area contributed by atoms with Crippen LogP contribution < -0.4 is 0 Å². The first-order chi connectivity index (χ1) is 4.63. The minimum absolute atomic E-state index is 0.145. The summed E-state index contributed by atoms with van der Waals surface area (Å²) in [5, 5.41) is 0.272. The third-order valence-electron chi connectivity index (χ3n) is 1.89. The van der Waals surface area contributed by atoms with E-state index in [2.05, 4.69) is 0 Å². The molecule has 2 nitrogen and oxygen atoms in total. The van der Waals surface area contributed by atoms with E-state index >= 15 is 0 Å². The van der Waals surface area contributed by atoms with Crippen LogP contribution >= 0.6 is 0 Å². The van der Waals surface area contributed by atoms with E-state index in [1.54, 1.807) is 13.8 Å². The average molecular weight is 144 g/mol. The zero-order valence-corrected chi connectivity index (χ0v) is 6.22. The molecule has 0 spiro atoms. The maximum absolute atomic E-state index is 12.7. The van der Waals surface area contributed by atoms with Gasteiger partial charge < -0.3 is 0 Å². The van der Waals surface area contributed by atoms with Gasteiger partial charge in [-0.05, 0) is 19.8 Å². The lowest BCUT2D eigenvalue weighted by Crippen LogP contribution is -2.35. The summed E-state index contributed by atoms with van der Waals surface area (Å²) < 4.78 is 12.7. The Morgan fingerprint density at radius 3 is 2.80 bits per heavy atom. The van der Waals surface area contributed by atoms with E-state index in [9.17, 15) is 9.28 Å². The molecule has 1 heterocycles. The SMILES string of the molecule is C[C]1CCC(C)C(=O)N1F. The zero-order valence-electron chi connectivity index (χ0n) is 6.22. The molecular formula is C7H11FNO. The average Bonchev–Trinajstić information content (AvgIpc) is 1.93. The Bertz CT molecular complexity index is 149. The van der Waals surface area contributed by atoms with Crippen molar-refractivity contribution in [2.24, 2.45) is 5.92 Å². The molecule has 1 radical (unpaired) electrons. The van der Waals surface area contributed by atoms with Crippen molar-refractivity contribution in [2.45, 2.75) is 26.7 Å². The molecule has 0 aromatic heterocycles. The summed E-state index contributed by atoms with van der Waals surface area (Å²) in [7, 11) is 0. The van der Waals surface area contributed by atoms with Gasteiger partial charge in [0.05, 0.1) is 6.04 Å². The van der Waals surface area contributed by atoms with E-state index in [1.165, 1.54) is 0 Å². The lowest BCUT2D eigenvalue weighted by Gasteiger charge is -2.27. The van der Waals surface area contributed by atoms with Gasteiger partial charge in [-0.15, -0.1) is 0 Å². The number of carbonyl (C=O) groups is 1. The van der Waals surface area contributed by atoms with Gasteiger partial charge in [-0.2, -0.15) is 5.12 Å². The Morgan fingerprint density at radius 2 is 2.30 bits per heavy atom. The molecule has 0 aliphatic carbocycles. The first-order valence-corrected chi connectivity index (χ1v) is 3.45. The highest BCUT2D eigenvalue weighted by atomic mass is 19.2. The quantitative estimate of drug-likeness (QED) is 0.474. The van der Waals surface area contributed by atoms with E-state index in [-0.39, 0.29) is 11.0 Å². The number of carbonyl (C=O) groups excluding carboxylic acids is 1. The van der Waals surface area contributed by atoms with Crippen LogP contribution in [-0.2, 0) is 4.79 Å². The number of hydrogen-bond acceptors (Lipinski definition) is 1. The number of hydrogen-bond donors (Lipinski definition) is 0. The highest BCUT2D eigenvalue weighted by molar-refractivity contribution is 5.79. The van der Waals surface area contributed by atoms with E-state index in [0.29, 0.717) is 12.5 Å². The second-order valence-electron chi connectivity index (χ2n) is 2.79. The van der Waals surface area contributed by atoms with Crippen molar-refractivity contribution in [3.63, 3.8) is 0 Å². The van der Waals surface area contributed by atoms with Crippen molar-refractivity contribution < 1.29 is 9.28 Å². The van der Waals surface area contributed by atoms with Crippen LogP contribution in [0.2, 0.25) is 0 Å². The summed E-state index contributed by atoms with van der Waals surface area (Å²) in [6, 6.07) is 0.531. The molecule has 0 N–H and O–H groups in total. The Labute approximate surface area is 59.9 Å². The van der Waals surface area contributed by atoms with Crippen molar-refractivity contribution in [3.05, 3.63) is 6.04 Å². The van der Waals surface area contributed by atoms with Crippen LogP contribution in [0.1, 0.15) is 26.7 Å². The van der Waals surface area contributed by atoms with Gasteiger partial charge in [0.15, 0.2) is 0 Å². The van der Waals surface area contributed by atoms with Crippen molar-refractivity contribution >= 4 is 5.91 Å². The minimum Gasteiger partial charge on any atom is -0.272 e. The summed E-state index contributed by atoms with van der Waals surface area (Å²) in [6.45, 7) is 3.39. The van der Waals surface area contributed by atoms with Crippen molar-refractivity contribution in [1.82, 2.24) is 5.12 Å². The van der Waals surface area contributed by atoms with Gasteiger partial charge >= 0.3 is 0 Å². The summed E-state index contributed by atoms with van der Waals surface area (Å²) >= 11 is 0. The summed E-state index contributed by atoms with van der Waals surface area (Å²) in [6.07, 6.45) is 1.48. The molecule has 0 bridgehead atoms. The van der Waals surface area contributed by atoms with E-state index in [1.807, 2.05) is 0 Å². The lowest BCUT2D eigenvalue weighted by atomic mass is 9.96. The van der Waals surface area contributed by atoms with Crippen LogP contribution in [0, 0.1) is 12.0 Å². The number of halogens is 1. The van der Waals surface area contributed by atoms with E-state index in [4.69, 9.17) is 0 Å². The highest BCUT2D eigenvalue weighted by Crippen LogP contribution is 2.27. The van der Waals surface area contributed by atoms with E-state index in [0.717, 1.165) is 6.42 Å². The molecule has 57 valence electrons. The normalized spacial score (nSPS) is 29.3. The third-order valence-corrected chi connectivity index (χ3v) is 1.89. The maximum atomic E-state index is 12.7. The molecule has 0 saturated carbocycles. The van der Waals surface area contributed by atoms with Gasteiger partial charge in [-0.3, -0.25) is 4.79 Å². The smallest absolute Gasteiger partial charge is 0.253 e. The Kier molecular flexibility index (Phi) is 1.92. The molecule has 1 rings (SSSR count). The van der Waals surface area contributed by atoms with Crippen LogP contribution in [-0.4, -0.2) is 11.0 Å². The fourth-order valence-electron chi connectivity index (χ4n) is 1.03. The first kappa shape index (κ1) is 7.51. The van der Waals surface area contributed by atoms with Crippen LogP contribution in [0.3, 0.4) is 0 Å². The third kappa shape index (κ3) is 1.13. The second kappa shape index (κ2) is 2.56. The lowest BCUT2D eigenvalue weighted by molar-refractivity contribution is -0.153. The maximum Gasteiger partial charge on any atom is 0.253 e. The molecule has 10 heavy (non-hydrogen) atoms. The number of rotatable bonds is 0. The molecule has 1 unspecified atom stereocenters. The van der Waals surface area contributed by atoms with Gasteiger partial charge in [-0.1, -0.05) is 11.4 Å². The van der Waals surface area contributed by atoms with E-state index < -0.39 is 5.91 Å². The highest BCUT2D eigenvalue weighted by Gasteiger charge is 2.31. The molecule has 0 aromatic rings. The molecule has 1 aliphatic rings. The summed E-state index contributed by atoms with van der Waals surface area (Å²) in [5.41, 5.74) is 0. The standard InChI is InChI=1S/C7H11FNO/c1-5-3-4-6(2)9(8)7(5)10/h5H,3-4H2,1-2H3. The van der Waals surface area contributed by atoms with Crippen molar-refractivity contribution in [1.29, 1.82) is 0 Å². The number of amides is 1. The van der Waals surface area contributed by atoms with Gasteiger partial charge in [0.25, 0.3) is 5.91 Å². The van der Waals surface area contributed by atoms with Gasteiger partial charge in [0.1, 0.15) is 0 Å². The monoisotopic (exact) mass is 144 g/mol. The predicted octanol–water partition coefficient (Wildman–Crippen LogP) is 1.68. The fraction of sp³-hybridized carbons (Fsp3) is 0.714. The number of piperidine rings is 1. The van der Waals surface area contributed by atoms with Gasteiger partial charge in [0.2, 0.25) is 0 Å². The summed E-state index contributed by atoms with van der Waals surface area (Å²) in [5.74, 6) is -0.544. The largest absolute Gasteiger partial charge is 0.272 e. The van der Waals surface area contributed by atoms with Gasteiger partial charge in [-0.25, -0.2) is 0 Å². The molecule has 1 amide bonds. The first-order valence-electron chi connectivity index (χ1n) is 3.45. The molecule has 1 atom stereocenters. The van der Waals surface area contributed by atoms with Crippen LogP contribution in [0.15, 0.2) is 0 Å². The fourth-order valence-corrected chi connectivity index (χ4v) is 1.03. The van der Waals surface area contributed by atoms with Crippen molar-refractivity contribution in [3.8, 4) is 0 Å². The molecule has 3 heteroatoms. The Hall–Kier alpha value is -0.600. The zero-order chi connectivity index (χ0) is 7.72. The minimum atomic E-state index is -0.399. The van der Waals surface area contributed by atoms with Crippen LogP contribution in [0.25, 0.3) is 0 Å². The molecule has 1 fully saturated rings. The molecule has 0 aromatic carbocycles. The predicted molar refractivity (Wildman–Crippen MR) is 35.3 cm³/mol. The topological polar surface area (TPSA) is 20.3 Å². The summed E-state index contributed by atoms with van der Waals surface area (Å²) in [4.78, 5) is 10.9. The molecule has 1 saturated heterocycles. The molecule has 1 aliphatic heterocycles. The Morgan fingerprint density at radius 1 is 1.70 bits per heavy atom. The second-order valence-corrected chi connectivity index (χ2v) is 2.79. The number of nitrogens with zero attached hydrogens (tertiary/aromatic N) is 1. The van der Waals surface area contributed by atoms with Crippen LogP contribution in [0.5, 0.6) is 0 Å².